The Morgan fingerprint density at radius 3 is 2.60 bits per heavy atom. The molecular weight excluding hydrogens is 576 g/mol. The first-order chi connectivity index (χ1) is 20.3. The van der Waals surface area contributed by atoms with E-state index in [-0.39, 0.29) is 35.0 Å². The maximum absolute atomic E-state index is 16.0. The van der Waals surface area contributed by atoms with Crippen molar-refractivity contribution in [2.45, 2.75) is 62.2 Å². The molecule has 1 amide bonds. The molecule has 0 unspecified atom stereocenters. The second-order valence-electron chi connectivity index (χ2n) is 11.9. The van der Waals surface area contributed by atoms with Gasteiger partial charge in [0.05, 0.1) is 17.2 Å². The molecule has 0 bridgehead atoms. The third kappa shape index (κ3) is 4.36. The maximum atomic E-state index is 16.0. The first kappa shape index (κ1) is 27.8. The minimum atomic E-state index is -1.13. The third-order valence-corrected chi connectivity index (χ3v) is 10.0. The van der Waals surface area contributed by atoms with Crippen LogP contribution >= 0.6 is 23.2 Å². The van der Waals surface area contributed by atoms with E-state index in [0.717, 1.165) is 43.4 Å². The largest absolute Gasteiger partial charge is 0.462 e. The lowest BCUT2D eigenvalue weighted by Crippen LogP contribution is -2.53. The van der Waals surface area contributed by atoms with E-state index < -0.39 is 17.3 Å². The van der Waals surface area contributed by atoms with Crippen molar-refractivity contribution in [3.63, 3.8) is 0 Å². The molecular formula is C33H32Cl2FN3O3. The lowest BCUT2D eigenvalue weighted by Gasteiger charge is -2.40. The van der Waals surface area contributed by atoms with E-state index >= 15 is 4.39 Å². The summed E-state index contributed by atoms with van der Waals surface area (Å²) in [7, 11) is 0. The van der Waals surface area contributed by atoms with Crippen molar-refractivity contribution < 1.29 is 18.7 Å². The Labute approximate surface area is 254 Å². The fourth-order valence-corrected chi connectivity index (χ4v) is 7.92. The van der Waals surface area contributed by atoms with Gasteiger partial charge in [0.25, 0.3) is 0 Å². The molecule has 3 aromatic carbocycles. The predicted octanol–water partition coefficient (Wildman–Crippen LogP) is 6.83. The number of anilines is 1. The lowest BCUT2D eigenvalue weighted by molar-refractivity contribution is -0.128. The van der Waals surface area contributed by atoms with Crippen LogP contribution in [0.4, 0.5) is 10.1 Å². The average Bonchev–Trinajstić information content (AvgIpc) is 3.71. The number of carbonyl (C=O) groups excluding carboxylic acids is 2. The van der Waals surface area contributed by atoms with Gasteiger partial charge in [0.2, 0.25) is 5.91 Å². The van der Waals surface area contributed by atoms with Gasteiger partial charge in [-0.05, 0) is 80.0 Å². The van der Waals surface area contributed by atoms with E-state index in [1.165, 1.54) is 0 Å². The Bertz CT molecular complexity index is 1560. The molecule has 2 saturated heterocycles. The number of carbonyl (C=O) groups is 2. The molecule has 42 heavy (non-hydrogen) atoms. The number of hydrogen-bond acceptors (Lipinski definition) is 5. The van der Waals surface area contributed by atoms with Gasteiger partial charge in [0, 0.05) is 46.9 Å². The predicted molar refractivity (Wildman–Crippen MR) is 160 cm³/mol. The fraction of sp³-hybridized carbons (Fsp3) is 0.394. The molecule has 1 spiro atoms. The number of ether oxygens (including phenoxy) is 1. The van der Waals surface area contributed by atoms with Crippen LogP contribution in [0.1, 0.15) is 71.6 Å². The zero-order chi connectivity index (χ0) is 29.2. The van der Waals surface area contributed by atoms with Gasteiger partial charge in [0.1, 0.15) is 11.4 Å². The Morgan fingerprint density at radius 2 is 1.86 bits per heavy atom. The average molecular weight is 609 g/mol. The molecule has 6 nitrogen and oxygen atoms in total. The van der Waals surface area contributed by atoms with Crippen LogP contribution in [0.25, 0.3) is 0 Å². The molecule has 2 N–H and O–H groups in total. The molecule has 3 aromatic rings. The number of likely N-dealkylation sites (tertiary alicyclic amines) is 1. The highest BCUT2D eigenvalue weighted by atomic mass is 35.5. The van der Waals surface area contributed by atoms with Gasteiger partial charge >= 0.3 is 5.97 Å². The van der Waals surface area contributed by atoms with Crippen molar-refractivity contribution in [2.75, 3.05) is 18.5 Å². The fourth-order valence-electron chi connectivity index (χ4n) is 7.56. The van der Waals surface area contributed by atoms with Crippen molar-refractivity contribution in [1.82, 2.24) is 10.2 Å². The summed E-state index contributed by atoms with van der Waals surface area (Å²) in [6.45, 7) is 2.86. The summed E-state index contributed by atoms with van der Waals surface area (Å²) >= 11 is 12.7. The number of halogens is 3. The van der Waals surface area contributed by atoms with Crippen molar-refractivity contribution >= 4 is 40.8 Å². The SMILES string of the molecule is CCOC(=O)c1ccc([C@@H]2CC[C@H]3[C@@H](N2)[C@H](c2cccc(Cl)c2F)[C@]2(C(=O)Nc4cc(Cl)ccc42)N3CC2CC2)cc1. The summed E-state index contributed by atoms with van der Waals surface area (Å²) in [4.78, 5) is 29.0. The number of rotatable bonds is 6. The zero-order valence-corrected chi connectivity index (χ0v) is 24.7. The molecule has 9 heteroatoms. The number of nitrogens with zero attached hydrogens (tertiary/aromatic N) is 1. The van der Waals surface area contributed by atoms with Crippen molar-refractivity contribution in [3.8, 4) is 0 Å². The summed E-state index contributed by atoms with van der Waals surface area (Å²) in [5, 5.41) is 7.55. The monoisotopic (exact) mass is 607 g/mol. The van der Waals surface area contributed by atoms with E-state index in [2.05, 4.69) is 15.5 Å². The summed E-state index contributed by atoms with van der Waals surface area (Å²) in [5.74, 6) is -1.05. The van der Waals surface area contributed by atoms with Crippen LogP contribution in [0.3, 0.4) is 0 Å². The Hall–Kier alpha value is -2.97. The molecule has 0 radical (unpaired) electrons. The minimum Gasteiger partial charge on any atom is -0.462 e. The van der Waals surface area contributed by atoms with Gasteiger partial charge < -0.3 is 15.4 Å². The highest BCUT2D eigenvalue weighted by Crippen LogP contribution is 2.60. The third-order valence-electron chi connectivity index (χ3n) is 9.50. The summed E-state index contributed by atoms with van der Waals surface area (Å²) in [5.41, 5.74) is 2.34. The normalized spacial score (nSPS) is 28.4. The van der Waals surface area contributed by atoms with Crippen LogP contribution < -0.4 is 10.6 Å². The standard InChI is InChI=1S/C33H32Cl2FN3O3/c1-2-42-31(40)20-10-8-19(9-11-20)25-14-15-27-30(37-25)28(22-4-3-5-24(35)29(22)36)33(39(27)17-18-6-7-18)23-13-12-21(34)16-26(23)38-32(33)41/h3-5,8-13,16,18,25,27-28,30,37H,2,6-7,14-15,17H2,1H3,(H,38,41)/t25-,27-,28-,30+,33+/m0/s1. The van der Waals surface area contributed by atoms with E-state index in [1.807, 2.05) is 24.3 Å². The first-order valence-corrected chi connectivity index (χ1v) is 15.4. The van der Waals surface area contributed by atoms with E-state index in [4.69, 9.17) is 27.9 Å². The molecule has 3 aliphatic heterocycles. The van der Waals surface area contributed by atoms with Gasteiger partial charge in [-0.3, -0.25) is 9.69 Å². The Morgan fingerprint density at radius 1 is 1.07 bits per heavy atom. The molecule has 0 aromatic heterocycles. The number of amides is 1. The highest BCUT2D eigenvalue weighted by molar-refractivity contribution is 6.31. The van der Waals surface area contributed by atoms with Crippen molar-refractivity contribution in [2.24, 2.45) is 5.92 Å². The van der Waals surface area contributed by atoms with Crippen LogP contribution in [0.5, 0.6) is 0 Å². The van der Waals surface area contributed by atoms with E-state index in [9.17, 15) is 9.59 Å². The summed E-state index contributed by atoms with van der Waals surface area (Å²) in [6.07, 6.45) is 3.90. The lowest BCUT2D eigenvalue weighted by atomic mass is 9.72. The smallest absolute Gasteiger partial charge is 0.338 e. The first-order valence-electron chi connectivity index (χ1n) is 14.7. The number of hydrogen-bond donors (Lipinski definition) is 2. The molecule has 7 rings (SSSR count). The molecule has 218 valence electrons. The Balaban J connectivity index is 1.35. The topological polar surface area (TPSA) is 70.7 Å². The number of piperidine rings is 1. The second kappa shape index (κ2) is 10.6. The summed E-state index contributed by atoms with van der Waals surface area (Å²) in [6, 6.07) is 17.8. The van der Waals surface area contributed by atoms with Gasteiger partial charge in [-0.15, -0.1) is 0 Å². The van der Waals surface area contributed by atoms with Crippen LogP contribution in [-0.4, -0.2) is 42.0 Å². The van der Waals surface area contributed by atoms with Crippen molar-refractivity contribution in [3.05, 3.63) is 98.8 Å². The van der Waals surface area contributed by atoms with Crippen molar-refractivity contribution in [1.29, 1.82) is 0 Å². The maximum Gasteiger partial charge on any atom is 0.338 e. The molecule has 1 aliphatic carbocycles. The molecule has 1 saturated carbocycles. The van der Waals surface area contributed by atoms with Gasteiger partial charge in [0.15, 0.2) is 0 Å². The quantitative estimate of drug-likeness (QED) is 0.301. The van der Waals surface area contributed by atoms with Crippen LogP contribution in [0, 0.1) is 11.7 Å². The van der Waals surface area contributed by atoms with Gasteiger partial charge in [-0.1, -0.05) is 53.5 Å². The molecule has 3 fully saturated rings. The van der Waals surface area contributed by atoms with Gasteiger partial charge in [-0.2, -0.15) is 0 Å². The minimum absolute atomic E-state index is 0.00332. The second-order valence-corrected chi connectivity index (χ2v) is 12.7. The Kier molecular flexibility index (Phi) is 7.05. The van der Waals surface area contributed by atoms with Gasteiger partial charge in [-0.25, -0.2) is 9.18 Å². The van der Waals surface area contributed by atoms with E-state index in [1.54, 1.807) is 43.3 Å². The van der Waals surface area contributed by atoms with Crippen LogP contribution in [0.15, 0.2) is 60.7 Å². The molecule has 3 heterocycles. The van der Waals surface area contributed by atoms with Crippen LogP contribution in [-0.2, 0) is 15.1 Å². The highest BCUT2D eigenvalue weighted by Gasteiger charge is 2.68. The summed E-state index contributed by atoms with van der Waals surface area (Å²) < 4.78 is 21.2. The number of fused-ring (bicyclic) bond motifs is 3. The zero-order valence-electron chi connectivity index (χ0n) is 23.2. The van der Waals surface area contributed by atoms with E-state index in [0.29, 0.717) is 34.4 Å². The number of esters is 1. The molecule has 5 atom stereocenters. The number of nitrogens with one attached hydrogen (secondary N) is 2. The number of benzene rings is 3. The molecule has 4 aliphatic rings. The van der Waals surface area contributed by atoms with Crippen LogP contribution in [0.2, 0.25) is 10.0 Å².